The number of aryl methyl sites for hydroxylation is 1. The fourth-order valence-electron chi connectivity index (χ4n) is 1.41. The lowest BCUT2D eigenvalue weighted by Gasteiger charge is -2.21. The molecule has 0 aromatic carbocycles. The molecule has 0 saturated heterocycles. The van der Waals surface area contributed by atoms with Crippen LogP contribution < -0.4 is 16.0 Å². The Balaban J connectivity index is 3.25. The Bertz CT molecular complexity index is 715. The van der Waals surface area contributed by atoms with Gasteiger partial charge in [0.25, 0.3) is 5.56 Å². The fraction of sp³-hybridized carbons (Fsp3) is 0.636. The zero-order valence-electron chi connectivity index (χ0n) is 11.9. The van der Waals surface area contributed by atoms with E-state index in [2.05, 4.69) is 4.72 Å². The van der Waals surface area contributed by atoms with Crippen LogP contribution in [0.1, 0.15) is 20.3 Å². The molecule has 20 heavy (non-hydrogen) atoms. The maximum absolute atomic E-state index is 12.1. The summed E-state index contributed by atoms with van der Waals surface area (Å²) in [7, 11) is -1.55. The zero-order valence-corrected chi connectivity index (χ0v) is 12.7. The lowest BCUT2D eigenvalue weighted by atomic mass is 10.1. The van der Waals surface area contributed by atoms with Gasteiger partial charge in [-0.3, -0.25) is 9.36 Å². The Morgan fingerprint density at radius 3 is 2.40 bits per heavy atom. The van der Waals surface area contributed by atoms with Crippen molar-refractivity contribution in [3.8, 4) is 0 Å². The molecule has 0 spiro atoms. The first kappa shape index (κ1) is 16.6. The molecule has 1 unspecified atom stereocenters. The summed E-state index contributed by atoms with van der Waals surface area (Å²) in [5.41, 5.74) is -2.73. The van der Waals surface area contributed by atoms with Crippen LogP contribution in [0.5, 0.6) is 0 Å². The third-order valence-electron chi connectivity index (χ3n) is 3.11. The van der Waals surface area contributed by atoms with Crippen LogP contribution in [-0.4, -0.2) is 34.8 Å². The summed E-state index contributed by atoms with van der Waals surface area (Å²) in [6.07, 6.45) is 1.31. The number of nitrogens with one attached hydrogen (secondary N) is 1. The first-order valence-electron chi connectivity index (χ1n) is 6.00. The molecule has 0 aliphatic rings. The van der Waals surface area contributed by atoms with Gasteiger partial charge < -0.3 is 9.67 Å². The molecule has 0 bridgehead atoms. The second-order valence-electron chi connectivity index (χ2n) is 4.93. The summed E-state index contributed by atoms with van der Waals surface area (Å²) in [5, 5.41) is 9.79. The van der Waals surface area contributed by atoms with E-state index in [1.54, 1.807) is 6.92 Å². The van der Waals surface area contributed by atoms with E-state index in [9.17, 15) is 23.1 Å². The van der Waals surface area contributed by atoms with E-state index in [1.807, 2.05) is 0 Å². The van der Waals surface area contributed by atoms with Crippen molar-refractivity contribution >= 4 is 10.0 Å². The van der Waals surface area contributed by atoms with Gasteiger partial charge in [0.05, 0.1) is 5.60 Å². The number of nitrogens with zero attached hydrogens (tertiary/aromatic N) is 2. The van der Waals surface area contributed by atoms with Crippen LogP contribution in [0.25, 0.3) is 0 Å². The Labute approximate surface area is 116 Å². The molecule has 0 aliphatic carbocycles. The van der Waals surface area contributed by atoms with Crippen molar-refractivity contribution in [3.63, 3.8) is 0 Å². The van der Waals surface area contributed by atoms with Crippen LogP contribution in [-0.2, 0) is 24.1 Å². The number of rotatable bonds is 5. The second-order valence-corrected chi connectivity index (χ2v) is 6.66. The molecular formula is C11H19N3O5S. The summed E-state index contributed by atoms with van der Waals surface area (Å²) in [6, 6.07) is 0. The Morgan fingerprint density at radius 1 is 1.35 bits per heavy atom. The highest BCUT2D eigenvalue weighted by Gasteiger charge is 2.25. The Hall–Kier alpha value is -1.45. The van der Waals surface area contributed by atoms with Crippen molar-refractivity contribution in [1.82, 2.24) is 13.9 Å². The topological polar surface area (TPSA) is 110 Å². The molecule has 1 heterocycles. The van der Waals surface area contributed by atoms with Gasteiger partial charge in [-0.25, -0.2) is 17.9 Å². The lowest BCUT2D eigenvalue weighted by Crippen LogP contribution is -2.44. The quantitative estimate of drug-likeness (QED) is 0.689. The van der Waals surface area contributed by atoms with Crippen molar-refractivity contribution < 1.29 is 13.5 Å². The van der Waals surface area contributed by atoms with E-state index in [0.717, 1.165) is 10.8 Å². The highest BCUT2D eigenvalue weighted by Crippen LogP contribution is 2.08. The Morgan fingerprint density at radius 2 is 1.90 bits per heavy atom. The predicted octanol–water partition coefficient (Wildman–Crippen LogP) is -1.48. The monoisotopic (exact) mass is 305 g/mol. The third kappa shape index (κ3) is 3.35. The third-order valence-corrected chi connectivity index (χ3v) is 4.49. The zero-order chi connectivity index (χ0) is 15.7. The minimum Gasteiger partial charge on any atom is -0.389 e. The highest BCUT2D eigenvalue weighted by molar-refractivity contribution is 7.89. The summed E-state index contributed by atoms with van der Waals surface area (Å²) < 4.78 is 28.1. The second kappa shape index (κ2) is 5.51. The van der Waals surface area contributed by atoms with E-state index in [0.29, 0.717) is 11.0 Å². The minimum absolute atomic E-state index is 0.224. The predicted molar refractivity (Wildman–Crippen MR) is 73.0 cm³/mol. The molecule has 1 atom stereocenters. The van der Waals surface area contributed by atoms with Crippen molar-refractivity contribution in [1.29, 1.82) is 0 Å². The smallest absolute Gasteiger partial charge is 0.330 e. The van der Waals surface area contributed by atoms with E-state index < -0.39 is 31.8 Å². The van der Waals surface area contributed by atoms with Crippen molar-refractivity contribution in [2.45, 2.75) is 30.8 Å². The molecule has 0 radical (unpaired) electrons. The van der Waals surface area contributed by atoms with Gasteiger partial charge in [0, 0.05) is 26.8 Å². The molecule has 9 heteroatoms. The standard InChI is InChI=1S/C11H19N3O5S/c1-5-11(2,17)7-12-20(18,19)8-6-13(3)10(16)14(4)9(8)15/h6,12,17H,5,7H2,1-4H3. The molecule has 0 fully saturated rings. The van der Waals surface area contributed by atoms with Gasteiger partial charge in [0.15, 0.2) is 4.90 Å². The van der Waals surface area contributed by atoms with Crippen molar-refractivity contribution in [3.05, 3.63) is 27.0 Å². The molecule has 1 aromatic rings. The summed E-state index contributed by atoms with van der Waals surface area (Å²) in [6.45, 7) is 2.96. The number of hydrogen-bond acceptors (Lipinski definition) is 5. The van der Waals surface area contributed by atoms with E-state index in [-0.39, 0.29) is 6.54 Å². The van der Waals surface area contributed by atoms with Gasteiger partial charge in [-0.05, 0) is 13.3 Å². The van der Waals surface area contributed by atoms with E-state index in [1.165, 1.54) is 21.0 Å². The van der Waals surface area contributed by atoms with Crippen LogP contribution in [0.15, 0.2) is 20.7 Å². The van der Waals surface area contributed by atoms with Crippen molar-refractivity contribution in [2.24, 2.45) is 14.1 Å². The van der Waals surface area contributed by atoms with Gasteiger partial charge in [-0.15, -0.1) is 0 Å². The van der Waals surface area contributed by atoms with E-state index >= 15 is 0 Å². The molecule has 114 valence electrons. The summed E-state index contributed by atoms with van der Waals surface area (Å²) in [5.74, 6) is 0. The fourth-order valence-corrected chi connectivity index (χ4v) is 2.73. The van der Waals surface area contributed by atoms with Crippen LogP contribution >= 0.6 is 0 Å². The van der Waals surface area contributed by atoms with Gasteiger partial charge in [-0.1, -0.05) is 6.92 Å². The first-order valence-corrected chi connectivity index (χ1v) is 7.49. The van der Waals surface area contributed by atoms with Gasteiger partial charge >= 0.3 is 5.69 Å². The number of aromatic nitrogens is 2. The normalized spacial score (nSPS) is 15.1. The van der Waals surface area contributed by atoms with Crippen molar-refractivity contribution in [2.75, 3.05) is 6.54 Å². The van der Waals surface area contributed by atoms with Gasteiger partial charge in [0.2, 0.25) is 10.0 Å². The highest BCUT2D eigenvalue weighted by atomic mass is 32.2. The van der Waals surface area contributed by atoms with Crippen LogP contribution in [0.4, 0.5) is 0 Å². The SMILES string of the molecule is CCC(C)(O)CNS(=O)(=O)c1cn(C)c(=O)n(C)c1=O. The molecule has 0 amide bonds. The van der Waals surface area contributed by atoms with Gasteiger partial charge in [0.1, 0.15) is 0 Å². The minimum atomic E-state index is -4.10. The van der Waals surface area contributed by atoms with Crippen LogP contribution in [0.3, 0.4) is 0 Å². The molecule has 0 saturated carbocycles. The van der Waals surface area contributed by atoms with Crippen LogP contribution in [0, 0.1) is 0 Å². The number of hydrogen-bond donors (Lipinski definition) is 2. The molecule has 2 N–H and O–H groups in total. The summed E-state index contributed by atoms with van der Waals surface area (Å²) in [4.78, 5) is 22.8. The first-order chi connectivity index (χ1) is 9.02. The molecule has 1 aromatic heterocycles. The average Bonchev–Trinajstić information content (AvgIpc) is 2.38. The van der Waals surface area contributed by atoms with Crippen LogP contribution in [0.2, 0.25) is 0 Å². The van der Waals surface area contributed by atoms with E-state index in [4.69, 9.17) is 0 Å². The molecular weight excluding hydrogens is 286 g/mol. The Kier molecular flexibility index (Phi) is 4.57. The maximum atomic E-state index is 12.1. The molecule has 0 aliphatic heterocycles. The average molecular weight is 305 g/mol. The summed E-state index contributed by atoms with van der Waals surface area (Å²) >= 11 is 0. The molecule has 8 nitrogen and oxygen atoms in total. The largest absolute Gasteiger partial charge is 0.389 e. The molecule has 1 rings (SSSR count). The maximum Gasteiger partial charge on any atom is 0.330 e. The van der Waals surface area contributed by atoms with Gasteiger partial charge in [-0.2, -0.15) is 0 Å². The number of aliphatic hydroxyl groups is 1. The lowest BCUT2D eigenvalue weighted by molar-refractivity contribution is 0.0613. The number of sulfonamides is 1.